The number of hydrogen-bond acceptors (Lipinski definition) is 5. The molecule has 1 N–H and O–H groups in total. The van der Waals surface area contributed by atoms with E-state index in [0.717, 1.165) is 5.56 Å². The Hall–Kier alpha value is -2.45. The summed E-state index contributed by atoms with van der Waals surface area (Å²) in [6, 6.07) is 10.9. The van der Waals surface area contributed by atoms with Gasteiger partial charge in [-0.15, -0.1) is 0 Å². The molecule has 0 saturated carbocycles. The third-order valence-electron chi connectivity index (χ3n) is 5.57. The topological polar surface area (TPSA) is 83.0 Å². The Bertz CT molecular complexity index is 924. The third kappa shape index (κ3) is 5.62. The monoisotopic (exact) mass is 489 g/mol. The molecule has 3 atom stereocenters. The van der Waals surface area contributed by atoms with Crippen molar-refractivity contribution in [1.82, 2.24) is 14.8 Å². The molecule has 166 valence electrons. The summed E-state index contributed by atoms with van der Waals surface area (Å²) in [5.41, 5.74) is 1.29. The Kier molecular flexibility index (Phi) is 7.67. The van der Waals surface area contributed by atoms with E-state index in [1.807, 2.05) is 44.2 Å². The normalized spacial score (nSPS) is 19.6. The number of carbonyl (C=O) groups excluding carboxylic acids is 2. The van der Waals surface area contributed by atoms with Crippen molar-refractivity contribution in [2.45, 2.75) is 32.4 Å². The Morgan fingerprint density at radius 3 is 2.77 bits per heavy atom. The summed E-state index contributed by atoms with van der Waals surface area (Å²) in [6.07, 6.45) is 1.53. The summed E-state index contributed by atoms with van der Waals surface area (Å²) in [5.74, 6) is -0.0822. The van der Waals surface area contributed by atoms with Crippen molar-refractivity contribution >= 4 is 27.7 Å². The Morgan fingerprint density at radius 1 is 1.39 bits per heavy atom. The molecule has 1 aliphatic rings. The van der Waals surface area contributed by atoms with Crippen LogP contribution in [0.4, 0.5) is 0 Å². The van der Waals surface area contributed by atoms with Crippen molar-refractivity contribution in [3.05, 3.63) is 58.2 Å². The van der Waals surface area contributed by atoms with E-state index in [-0.39, 0.29) is 42.4 Å². The molecule has 0 unspecified atom stereocenters. The number of aliphatic hydroxyl groups excluding tert-OH is 1. The van der Waals surface area contributed by atoms with E-state index in [2.05, 4.69) is 20.9 Å². The lowest BCUT2D eigenvalue weighted by Gasteiger charge is -2.37. The molecule has 0 fully saturated rings. The average Bonchev–Trinajstić information content (AvgIpc) is 2.76. The fourth-order valence-corrected chi connectivity index (χ4v) is 3.90. The smallest absolute Gasteiger partial charge is 0.259 e. The lowest BCUT2D eigenvalue weighted by atomic mass is 10.00. The summed E-state index contributed by atoms with van der Waals surface area (Å²) in [7, 11) is 1.76. The van der Waals surface area contributed by atoms with Gasteiger partial charge in [0.25, 0.3) is 5.91 Å². The van der Waals surface area contributed by atoms with E-state index in [9.17, 15) is 14.7 Å². The molecule has 3 rings (SSSR count). The molecule has 0 aliphatic carbocycles. The Morgan fingerprint density at radius 2 is 2.10 bits per heavy atom. The molecule has 0 radical (unpaired) electrons. The minimum absolute atomic E-state index is 0.00953. The van der Waals surface area contributed by atoms with Crippen molar-refractivity contribution < 1.29 is 19.4 Å². The molecule has 0 saturated heterocycles. The van der Waals surface area contributed by atoms with Crippen LogP contribution in [0.1, 0.15) is 29.8 Å². The van der Waals surface area contributed by atoms with Gasteiger partial charge >= 0.3 is 0 Å². The zero-order valence-electron chi connectivity index (χ0n) is 18.0. The predicted molar refractivity (Wildman–Crippen MR) is 121 cm³/mol. The molecule has 1 aromatic carbocycles. The van der Waals surface area contributed by atoms with Gasteiger partial charge in [-0.1, -0.05) is 37.3 Å². The second-order valence-corrected chi connectivity index (χ2v) is 8.98. The zero-order valence-corrected chi connectivity index (χ0v) is 19.6. The van der Waals surface area contributed by atoms with Gasteiger partial charge in [-0.25, -0.2) is 4.98 Å². The number of rotatable bonds is 6. The molecular formula is C23H28BrN3O4. The van der Waals surface area contributed by atoms with Crippen LogP contribution in [0.25, 0.3) is 0 Å². The summed E-state index contributed by atoms with van der Waals surface area (Å²) in [4.78, 5) is 33.5. The molecule has 2 heterocycles. The number of ether oxygens (including phenoxy) is 1. The van der Waals surface area contributed by atoms with Gasteiger partial charge in [-0.2, -0.15) is 0 Å². The quantitative estimate of drug-likeness (QED) is 0.674. The van der Waals surface area contributed by atoms with E-state index in [4.69, 9.17) is 4.74 Å². The first-order valence-corrected chi connectivity index (χ1v) is 11.1. The highest BCUT2D eigenvalue weighted by Gasteiger charge is 2.34. The van der Waals surface area contributed by atoms with Gasteiger partial charge in [-0.3, -0.25) is 9.59 Å². The van der Waals surface area contributed by atoms with Crippen molar-refractivity contribution in [3.8, 4) is 5.88 Å². The molecular weight excluding hydrogens is 462 g/mol. The highest BCUT2D eigenvalue weighted by molar-refractivity contribution is 9.10. The fraction of sp³-hybridized carbons (Fsp3) is 0.435. The van der Waals surface area contributed by atoms with Crippen LogP contribution >= 0.6 is 15.9 Å². The van der Waals surface area contributed by atoms with Gasteiger partial charge < -0.3 is 19.6 Å². The number of benzene rings is 1. The first-order valence-electron chi connectivity index (χ1n) is 10.3. The Labute approximate surface area is 191 Å². The summed E-state index contributed by atoms with van der Waals surface area (Å²) < 4.78 is 6.84. The minimum Gasteiger partial charge on any atom is -0.472 e. The van der Waals surface area contributed by atoms with E-state index in [0.29, 0.717) is 29.5 Å². The highest BCUT2D eigenvalue weighted by Crippen LogP contribution is 2.28. The number of carbonyl (C=O) groups is 2. The molecule has 1 aromatic heterocycles. The van der Waals surface area contributed by atoms with Crippen LogP contribution in [0.5, 0.6) is 5.88 Å². The zero-order chi connectivity index (χ0) is 22.5. The van der Waals surface area contributed by atoms with E-state index in [1.54, 1.807) is 29.1 Å². The number of fused-ring (bicyclic) bond motifs is 1. The van der Waals surface area contributed by atoms with Crippen LogP contribution in [0.2, 0.25) is 0 Å². The number of pyridine rings is 1. The fourth-order valence-electron chi connectivity index (χ4n) is 3.57. The number of likely N-dealkylation sites (N-methyl/N-ethyl adjacent to an activating group) is 1. The standard InChI is InChI=1S/C23H28BrN3O4/c1-15-12-27(16(2)14-28)23(30)19-10-18(24)11-25-22(19)31-20(15)13-26(3)21(29)9-17-7-5-4-6-8-17/h4-8,10-11,15-16,20,28H,9,12-14H2,1-3H3/t15-,16-,20-/m1/s1. The lowest BCUT2D eigenvalue weighted by molar-refractivity contribution is -0.130. The van der Waals surface area contributed by atoms with Crippen molar-refractivity contribution in [2.75, 3.05) is 26.7 Å². The Balaban J connectivity index is 1.83. The van der Waals surface area contributed by atoms with E-state index in [1.165, 1.54) is 0 Å². The largest absolute Gasteiger partial charge is 0.472 e. The molecule has 0 spiro atoms. The number of hydrogen-bond donors (Lipinski definition) is 1. The van der Waals surface area contributed by atoms with Crippen molar-refractivity contribution in [1.29, 1.82) is 0 Å². The summed E-state index contributed by atoms with van der Waals surface area (Å²) in [6.45, 7) is 4.41. The maximum absolute atomic E-state index is 13.1. The van der Waals surface area contributed by atoms with Crippen LogP contribution in [0, 0.1) is 5.92 Å². The predicted octanol–water partition coefficient (Wildman–Crippen LogP) is 2.77. The van der Waals surface area contributed by atoms with Crippen molar-refractivity contribution in [3.63, 3.8) is 0 Å². The molecule has 8 heteroatoms. The molecule has 7 nitrogen and oxygen atoms in total. The van der Waals surface area contributed by atoms with Crippen LogP contribution in [0.15, 0.2) is 47.1 Å². The average molecular weight is 490 g/mol. The summed E-state index contributed by atoms with van der Waals surface area (Å²) in [5, 5.41) is 9.68. The van der Waals surface area contributed by atoms with E-state index >= 15 is 0 Å². The maximum Gasteiger partial charge on any atom is 0.259 e. The number of amides is 2. The number of halogens is 1. The second kappa shape index (κ2) is 10.2. The van der Waals surface area contributed by atoms with Crippen LogP contribution in [-0.2, 0) is 11.2 Å². The van der Waals surface area contributed by atoms with Gasteiger partial charge in [0.2, 0.25) is 11.8 Å². The van der Waals surface area contributed by atoms with Crippen LogP contribution in [0.3, 0.4) is 0 Å². The second-order valence-electron chi connectivity index (χ2n) is 8.07. The molecule has 1 aliphatic heterocycles. The van der Waals surface area contributed by atoms with Gasteiger partial charge in [0.05, 0.1) is 25.6 Å². The van der Waals surface area contributed by atoms with Gasteiger partial charge in [-0.05, 0) is 34.5 Å². The van der Waals surface area contributed by atoms with Crippen LogP contribution in [-0.4, -0.2) is 70.6 Å². The van der Waals surface area contributed by atoms with Gasteiger partial charge in [0, 0.05) is 30.2 Å². The number of nitrogens with zero attached hydrogens (tertiary/aromatic N) is 3. The van der Waals surface area contributed by atoms with Gasteiger partial charge in [0.15, 0.2) is 0 Å². The van der Waals surface area contributed by atoms with E-state index < -0.39 is 0 Å². The molecule has 31 heavy (non-hydrogen) atoms. The lowest BCUT2D eigenvalue weighted by Crippen LogP contribution is -2.50. The van der Waals surface area contributed by atoms with Crippen molar-refractivity contribution in [2.24, 2.45) is 5.92 Å². The first kappa shape index (κ1) is 23.2. The molecule has 0 bridgehead atoms. The number of aliphatic hydroxyl groups is 1. The maximum atomic E-state index is 13.1. The minimum atomic E-state index is -0.362. The third-order valence-corrected chi connectivity index (χ3v) is 6.00. The summed E-state index contributed by atoms with van der Waals surface area (Å²) >= 11 is 3.36. The van der Waals surface area contributed by atoms with Gasteiger partial charge in [0.1, 0.15) is 11.7 Å². The number of aromatic nitrogens is 1. The highest BCUT2D eigenvalue weighted by atomic mass is 79.9. The SMILES string of the molecule is C[C@@H]1CN([C@H](C)CO)C(=O)c2cc(Br)cnc2O[C@@H]1CN(C)C(=O)Cc1ccccc1. The molecule has 2 amide bonds. The molecule has 2 aromatic rings. The first-order chi connectivity index (χ1) is 14.8. The van der Waals surface area contributed by atoms with Crippen LogP contribution < -0.4 is 4.74 Å².